The van der Waals surface area contributed by atoms with E-state index in [0.29, 0.717) is 42.8 Å². The van der Waals surface area contributed by atoms with Crippen molar-refractivity contribution in [1.29, 1.82) is 0 Å². The summed E-state index contributed by atoms with van der Waals surface area (Å²) in [6, 6.07) is 15.1. The van der Waals surface area contributed by atoms with Gasteiger partial charge in [0.25, 0.3) is 11.8 Å². The molecule has 10 heteroatoms. The van der Waals surface area contributed by atoms with Crippen LogP contribution >= 0.6 is 0 Å². The Labute approximate surface area is 255 Å². The number of aromatic amines is 1. The van der Waals surface area contributed by atoms with Gasteiger partial charge in [0.2, 0.25) is 0 Å². The van der Waals surface area contributed by atoms with Crippen molar-refractivity contribution in [3.05, 3.63) is 76.9 Å². The Kier molecular flexibility index (Phi) is 6.54. The minimum absolute atomic E-state index is 0.0658. The van der Waals surface area contributed by atoms with Gasteiger partial charge in [-0.1, -0.05) is 25.1 Å². The monoisotopic (exact) mass is 604 g/mol. The van der Waals surface area contributed by atoms with Crippen LogP contribution in [0.2, 0.25) is 0 Å². The summed E-state index contributed by atoms with van der Waals surface area (Å²) in [6.45, 7) is 7.57. The molecule has 8 rings (SSSR count). The molecule has 0 spiro atoms. The van der Waals surface area contributed by atoms with E-state index in [4.69, 9.17) is 0 Å². The molecule has 3 atom stereocenters. The van der Waals surface area contributed by atoms with Gasteiger partial charge < -0.3 is 20.2 Å². The highest BCUT2D eigenvalue weighted by Crippen LogP contribution is 2.73. The number of hydrogen-bond donors (Lipinski definition) is 3. The lowest BCUT2D eigenvalue weighted by Gasteiger charge is -2.39. The maximum Gasteiger partial charge on any atom is 0.258 e. The Bertz CT molecular complexity index is 1620. The number of rotatable bonds is 5. The first-order valence-electron chi connectivity index (χ1n) is 16.0. The molecule has 7 nitrogen and oxygen atoms in total. The predicted molar refractivity (Wildman–Crippen MR) is 164 cm³/mol. The number of amides is 1. The molecule has 1 saturated carbocycles. The zero-order valence-corrected chi connectivity index (χ0v) is 25.0. The molecular formula is C34H39F3N6O. The lowest BCUT2D eigenvalue weighted by atomic mass is 9.85. The summed E-state index contributed by atoms with van der Waals surface area (Å²) in [5.74, 6) is -3.46. The van der Waals surface area contributed by atoms with E-state index in [1.54, 1.807) is 17.9 Å². The third-order valence-electron chi connectivity index (χ3n) is 11.1. The number of carbonyl (C=O) groups excluding carboxylic acids is 1. The number of piperidine rings is 1. The average Bonchev–Trinajstić information content (AvgIpc) is 3.40. The van der Waals surface area contributed by atoms with Crippen LogP contribution in [0.1, 0.15) is 54.7 Å². The fraction of sp³-hybridized carbons (Fsp3) is 0.500. The summed E-state index contributed by atoms with van der Waals surface area (Å²) in [6.07, 6.45) is 2.97. The summed E-state index contributed by atoms with van der Waals surface area (Å²) < 4.78 is 44.2. The number of halogens is 3. The number of anilines is 1. The lowest BCUT2D eigenvalue weighted by molar-refractivity contribution is 0.0604. The fourth-order valence-electron chi connectivity index (χ4n) is 8.20. The van der Waals surface area contributed by atoms with E-state index >= 15 is 4.39 Å². The lowest BCUT2D eigenvalue weighted by Crippen LogP contribution is -2.50. The van der Waals surface area contributed by atoms with Gasteiger partial charge in [0.1, 0.15) is 5.82 Å². The van der Waals surface area contributed by atoms with Crippen LogP contribution in [0.4, 0.5) is 18.9 Å². The van der Waals surface area contributed by atoms with Crippen LogP contribution in [0, 0.1) is 23.1 Å². The van der Waals surface area contributed by atoms with Crippen molar-refractivity contribution in [1.82, 2.24) is 25.6 Å². The second-order valence-electron chi connectivity index (χ2n) is 13.7. The van der Waals surface area contributed by atoms with Gasteiger partial charge in [0.05, 0.1) is 11.6 Å². The van der Waals surface area contributed by atoms with Crippen molar-refractivity contribution >= 4 is 22.5 Å². The highest BCUT2D eigenvalue weighted by Gasteiger charge is 2.78. The fourth-order valence-corrected chi connectivity index (χ4v) is 8.20. The molecule has 0 bridgehead atoms. The molecule has 3 aliphatic heterocycles. The Morgan fingerprint density at radius 1 is 1.00 bits per heavy atom. The minimum Gasteiger partial charge on any atom is -0.372 e. The number of alkyl halides is 2. The first-order chi connectivity index (χ1) is 21.2. The maximum absolute atomic E-state index is 15.3. The number of hydrazine groups is 1. The summed E-state index contributed by atoms with van der Waals surface area (Å²) >= 11 is 0. The Morgan fingerprint density at radius 2 is 1.75 bits per heavy atom. The Morgan fingerprint density at radius 3 is 2.50 bits per heavy atom. The molecule has 4 heterocycles. The van der Waals surface area contributed by atoms with Crippen LogP contribution in [0.5, 0.6) is 0 Å². The highest BCUT2D eigenvalue weighted by atomic mass is 19.3. The second-order valence-corrected chi connectivity index (χ2v) is 13.7. The number of piperazine rings is 1. The number of aromatic nitrogens is 1. The zero-order chi connectivity index (χ0) is 30.2. The van der Waals surface area contributed by atoms with Gasteiger partial charge in [0.15, 0.2) is 0 Å². The first-order valence-corrected chi connectivity index (χ1v) is 16.0. The number of H-pyrrole nitrogens is 1. The summed E-state index contributed by atoms with van der Waals surface area (Å²) in [7, 11) is 0. The number of nitrogens with one attached hydrogen (secondary N) is 3. The molecule has 1 amide bonds. The SMILES string of the molecule is CC12CC3=C(CC1C2(F)F)C(c1cc2cc(F)c(C(=O)N4CCN(CC5CCN(c6ccccc6)CC5)CC4)cc2[nH]1)NN3. The van der Waals surface area contributed by atoms with Crippen molar-refractivity contribution < 1.29 is 18.0 Å². The number of allylic oxidation sites excluding steroid dienone is 1. The molecule has 2 aliphatic carbocycles. The van der Waals surface area contributed by atoms with Crippen LogP contribution in [0.3, 0.4) is 0 Å². The average molecular weight is 605 g/mol. The Hall–Kier alpha value is -3.50. The van der Waals surface area contributed by atoms with E-state index in [2.05, 4.69) is 56.0 Å². The number of carbonyl (C=O) groups is 1. The summed E-state index contributed by atoms with van der Waals surface area (Å²) in [4.78, 5) is 23.5. The van der Waals surface area contributed by atoms with Crippen molar-refractivity contribution in [2.45, 2.75) is 44.6 Å². The number of hydrogen-bond acceptors (Lipinski definition) is 5. The molecule has 2 saturated heterocycles. The molecule has 3 unspecified atom stereocenters. The van der Waals surface area contributed by atoms with Gasteiger partial charge in [-0.2, -0.15) is 0 Å². The van der Waals surface area contributed by atoms with Crippen LogP contribution in [-0.2, 0) is 0 Å². The van der Waals surface area contributed by atoms with Gasteiger partial charge in [0, 0.05) is 91.5 Å². The van der Waals surface area contributed by atoms with Crippen molar-refractivity contribution in [3.8, 4) is 0 Å². The predicted octanol–water partition coefficient (Wildman–Crippen LogP) is 5.45. The molecule has 1 aromatic heterocycles. The van der Waals surface area contributed by atoms with Crippen LogP contribution in [-0.4, -0.2) is 72.4 Å². The Balaban J connectivity index is 0.892. The van der Waals surface area contributed by atoms with Crippen LogP contribution in [0.25, 0.3) is 10.9 Å². The van der Waals surface area contributed by atoms with Gasteiger partial charge in [-0.05, 0) is 61.1 Å². The molecule has 2 aromatic carbocycles. The number of para-hydroxylation sites is 1. The van der Waals surface area contributed by atoms with E-state index in [1.807, 2.05) is 6.07 Å². The number of fused-ring (bicyclic) bond motifs is 2. The third-order valence-corrected chi connectivity index (χ3v) is 11.1. The van der Waals surface area contributed by atoms with Gasteiger partial charge >= 0.3 is 0 Å². The normalized spacial score (nSPS) is 28.6. The summed E-state index contributed by atoms with van der Waals surface area (Å²) in [5.41, 5.74) is 9.96. The maximum atomic E-state index is 15.3. The van der Waals surface area contributed by atoms with E-state index in [9.17, 15) is 13.6 Å². The van der Waals surface area contributed by atoms with Crippen LogP contribution < -0.4 is 15.8 Å². The third kappa shape index (κ3) is 4.52. The minimum atomic E-state index is -2.64. The van der Waals surface area contributed by atoms with E-state index in [-0.39, 0.29) is 17.5 Å². The molecule has 232 valence electrons. The van der Waals surface area contributed by atoms with Crippen molar-refractivity contribution in [2.24, 2.45) is 17.3 Å². The standard InChI is InChI=1S/C34H39F3N6O/c1-33-19-29-25(18-30(33)34(33,36)37)31(40-39-29)28-16-22-15-26(35)24(17-27(22)38-28)32(44)43-13-11-41(12-14-43)20-21-7-9-42(10-8-21)23-5-3-2-4-6-23/h2-6,15-17,21,30-31,38-40H,7-14,18-20H2,1H3. The molecule has 0 radical (unpaired) electrons. The van der Waals surface area contributed by atoms with E-state index in [1.165, 1.54) is 11.8 Å². The first kappa shape index (κ1) is 28.0. The largest absolute Gasteiger partial charge is 0.372 e. The van der Waals surface area contributed by atoms with Crippen LogP contribution in [0.15, 0.2) is 59.8 Å². The quantitative estimate of drug-likeness (QED) is 0.362. The number of benzene rings is 2. The highest BCUT2D eigenvalue weighted by molar-refractivity contribution is 5.98. The van der Waals surface area contributed by atoms with Gasteiger partial charge in [-0.25, -0.2) is 18.6 Å². The summed E-state index contributed by atoms with van der Waals surface area (Å²) in [5, 5.41) is 0.658. The molecular weight excluding hydrogens is 565 g/mol. The van der Waals surface area contributed by atoms with Crippen molar-refractivity contribution in [3.63, 3.8) is 0 Å². The second kappa shape index (κ2) is 10.3. The molecule has 44 heavy (non-hydrogen) atoms. The van der Waals surface area contributed by atoms with E-state index < -0.39 is 23.1 Å². The van der Waals surface area contributed by atoms with Crippen molar-refractivity contribution in [2.75, 3.05) is 50.7 Å². The number of nitrogens with zero attached hydrogens (tertiary/aromatic N) is 3. The van der Waals surface area contributed by atoms with Gasteiger partial charge in [-0.3, -0.25) is 9.69 Å². The molecule has 3 fully saturated rings. The van der Waals surface area contributed by atoms with Gasteiger partial charge in [-0.15, -0.1) is 0 Å². The molecule has 3 N–H and O–H groups in total. The molecule has 5 aliphatic rings. The molecule has 3 aromatic rings. The van der Waals surface area contributed by atoms with E-state index in [0.717, 1.165) is 62.5 Å². The topological polar surface area (TPSA) is 66.6 Å². The smallest absolute Gasteiger partial charge is 0.258 e. The zero-order valence-electron chi connectivity index (χ0n) is 25.0.